The number of hydrogen-bond acceptors (Lipinski definition) is 5. The summed E-state index contributed by atoms with van der Waals surface area (Å²) in [6.45, 7) is 1.60. The van der Waals surface area contributed by atoms with Gasteiger partial charge in [0, 0.05) is 18.9 Å². The van der Waals surface area contributed by atoms with Gasteiger partial charge in [0.05, 0.1) is 23.7 Å². The van der Waals surface area contributed by atoms with Gasteiger partial charge in [0.2, 0.25) is 0 Å². The quantitative estimate of drug-likeness (QED) is 0.700. The van der Waals surface area contributed by atoms with Crippen LogP contribution in [0.1, 0.15) is 29.3 Å². The second-order valence-electron chi connectivity index (χ2n) is 5.78. The first-order valence-electron chi connectivity index (χ1n) is 6.63. The van der Waals surface area contributed by atoms with Crippen molar-refractivity contribution in [2.45, 2.75) is 25.4 Å². The van der Waals surface area contributed by atoms with Crippen molar-refractivity contribution >= 4 is 16.6 Å². The van der Waals surface area contributed by atoms with Crippen molar-refractivity contribution in [2.75, 3.05) is 7.11 Å². The van der Waals surface area contributed by atoms with E-state index in [0.29, 0.717) is 16.7 Å². The van der Waals surface area contributed by atoms with E-state index in [0.717, 1.165) is 0 Å². The van der Waals surface area contributed by atoms with Gasteiger partial charge < -0.3 is 20.1 Å². The van der Waals surface area contributed by atoms with Crippen molar-refractivity contribution < 1.29 is 24.9 Å². The minimum absolute atomic E-state index is 0.0457. The number of carbonyl (C=O) groups is 1. The molecule has 0 amide bonds. The Hall–Kier alpha value is -2.27. The fourth-order valence-corrected chi connectivity index (χ4v) is 3.01. The molecule has 0 spiro atoms. The standard InChI is InChI=1S/C16H16O5/c1-16(20)6-9-3-8-4-10(21-2)5-11(17)13(8)15(19)14(9)12(18)7-16/h3-5,17,19-20H,6-7H2,1-2H3/t16-/m0/s1/i2+1. The Kier molecular flexibility index (Phi) is 2.85. The van der Waals surface area contributed by atoms with Crippen LogP contribution in [0.5, 0.6) is 17.2 Å². The zero-order valence-electron chi connectivity index (χ0n) is 11.8. The van der Waals surface area contributed by atoms with Crippen molar-refractivity contribution in [3.63, 3.8) is 0 Å². The van der Waals surface area contributed by atoms with Gasteiger partial charge in [0.15, 0.2) is 5.78 Å². The van der Waals surface area contributed by atoms with E-state index in [1.54, 1.807) is 19.1 Å². The molecule has 21 heavy (non-hydrogen) atoms. The van der Waals surface area contributed by atoms with Gasteiger partial charge in [-0.05, 0) is 30.0 Å². The lowest BCUT2D eigenvalue weighted by atomic mass is 9.79. The lowest BCUT2D eigenvalue weighted by molar-refractivity contribution is 0.0409. The number of aromatic hydroxyl groups is 2. The van der Waals surface area contributed by atoms with Crippen molar-refractivity contribution in [3.8, 4) is 17.2 Å². The molecule has 0 radical (unpaired) electrons. The number of phenols is 2. The van der Waals surface area contributed by atoms with E-state index in [4.69, 9.17) is 4.74 Å². The monoisotopic (exact) mass is 289 g/mol. The molecule has 5 heteroatoms. The minimum Gasteiger partial charge on any atom is -0.507 e. The lowest BCUT2D eigenvalue weighted by Gasteiger charge is -2.29. The van der Waals surface area contributed by atoms with Gasteiger partial charge in [-0.3, -0.25) is 4.79 Å². The molecule has 2 aromatic rings. The summed E-state index contributed by atoms with van der Waals surface area (Å²) in [6.07, 6.45) is 0.228. The van der Waals surface area contributed by atoms with Crippen molar-refractivity contribution in [3.05, 3.63) is 29.3 Å². The van der Waals surface area contributed by atoms with Gasteiger partial charge in [-0.15, -0.1) is 0 Å². The van der Waals surface area contributed by atoms with E-state index in [9.17, 15) is 20.1 Å². The molecule has 2 aromatic carbocycles. The summed E-state index contributed by atoms with van der Waals surface area (Å²) in [4.78, 5) is 12.2. The Morgan fingerprint density at radius 1 is 1.19 bits per heavy atom. The van der Waals surface area contributed by atoms with Crippen LogP contribution in [0.2, 0.25) is 0 Å². The molecular formula is C16H16O5. The summed E-state index contributed by atoms with van der Waals surface area (Å²) in [5.41, 5.74) is -0.353. The first-order valence-corrected chi connectivity index (χ1v) is 6.63. The summed E-state index contributed by atoms with van der Waals surface area (Å²) >= 11 is 0. The first-order chi connectivity index (χ1) is 9.82. The van der Waals surface area contributed by atoms with Gasteiger partial charge in [0.1, 0.15) is 17.2 Å². The number of fused-ring (bicyclic) bond motifs is 2. The predicted octanol–water partition coefficient (Wildman–Crippen LogP) is 2.14. The molecule has 110 valence electrons. The zero-order chi connectivity index (χ0) is 15.4. The van der Waals surface area contributed by atoms with Crippen LogP contribution in [0.3, 0.4) is 0 Å². The average molecular weight is 289 g/mol. The molecule has 1 aliphatic carbocycles. The van der Waals surface area contributed by atoms with Crippen LogP contribution in [0, 0.1) is 0 Å². The van der Waals surface area contributed by atoms with Crippen LogP contribution in [0.25, 0.3) is 10.8 Å². The number of benzene rings is 2. The largest absolute Gasteiger partial charge is 0.507 e. The number of rotatable bonds is 1. The molecule has 0 aromatic heterocycles. The highest BCUT2D eigenvalue weighted by Crippen LogP contribution is 2.43. The maximum Gasteiger partial charge on any atom is 0.169 e. The number of hydrogen-bond donors (Lipinski definition) is 3. The van der Waals surface area contributed by atoms with Gasteiger partial charge >= 0.3 is 0 Å². The van der Waals surface area contributed by atoms with Crippen LogP contribution in [0.4, 0.5) is 0 Å². The third kappa shape index (κ3) is 2.10. The van der Waals surface area contributed by atoms with Gasteiger partial charge in [-0.25, -0.2) is 0 Å². The van der Waals surface area contributed by atoms with Crippen LogP contribution in [-0.2, 0) is 6.42 Å². The number of Topliss-reactive ketones (excluding diaryl/α,β-unsaturated/α-hetero) is 1. The van der Waals surface area contributed by atoms with Crippen LogP contribution in [0.15, 0.2) is 18.2 Å². The maximum atomic E-state index is 12.2. The van der Waals surface area contributed by atoms with Crippen molar-refractivity contribution in [1.82, 2.24) is 0 Å². The summed E-state index contributed by atoms with van der Waals surface area (Å²) in [6, 6.07) is 4.76. The molecule has 0 unspecified atom stereocenters. The molecule has 0 saturated carbocycles. The predicted molar refractivity (Wildman–Crippen MR) is 77.1 cm³/mol. The molecule has 1 aliphatic rings. The summed E-state index contributed by atoms with van der Waals surface area (Å²) in [7, 11) is 1.48. The molecular weight excluding hydrogens is 273 g/mol. The van der Waals surface area contributed by atoms with Gasteiger partial charge in [-0.1, -0.05) is 0 Å². The third-order valence-electron chi connectivity index (χ3n) is 3.87. The topological polar surface area (TPSA) is 87.0 Å². The molecule has 5 nitrogen and oxygen atoms in total. The molecule has 0 fully saturated rings. The summed E-state index contributed by atoms with van der Waals surface area (Å²) in [5.74, 6) is -0.248. The highest BCUT2D eigenvalue weighted by molar-refractivity contribution is 6.09. The Bertz CT molecular complexity index is 761. The van der Waals surface area contributed by atoms with Crippen LogP contribution < -0.4 is 4.74 Å². The van der Waals surface area contributed by atoms with Gasteiger partial charge in [-0.2, -0.15) is 0 Å². The zero-order valence-corrected chi connectivity index (χ0v) is 11.8. The van der Waals surface area contributed by atoms with E-state index in [-0.39, 0.29) is 41.1 Å². The second-order valence-corrected chi connectivity index (χ2v) is 5.78. The third-order valence-corrected chi connectivity index (χ3v) is 3.87. The van der Waals surface area contributed by atoms with Gasteiger partial charge in [0.25, 0.3) is 0 Å². The molecule has 0 saturated heterocycles. The normalized spacial score (nSPS) is 21.4. The molecule has 0 heterocycles. The number of ether oxygens (including phenoxy) is 1. The maximum absolute atomic E-state index is 12.2. The minimum atomic E-state index is -1.12. The Balaban J connectivity index is 2.35. The lowest BCUT2D eigenvalue weighted by Crippen LogP contribution is -2.35. The molecule has 3 rings (SSSR count). The van der Waals surface area contributed by atoms with E-state index < -0.39 is 5.60 Å². The molecule has 0 bridgehead atoms. The molecule has 0 aliphatic heterocycles. The fraction of sp³-hybridized carbons (Fsp3) is 0.312. The highest BCUT2D eigenvalue weighted by Gasteiger charge is 2.35. The van der Waals surface area contributed by atoms with Crippen molar-refractivity contribution in [2.24, 2.45) is 0 Å². The Labute approximate surface area is 121 Å². The Morgan fingerprint density at radius 2 is 1.90 bits per heavy atom. The highest BCUT2D eigenvalue weighted by atomic mass is 16.5. The number of ketones is 1. The summed E-state index contributed by atoms with van der Waals surface area (Å²) < 4.78 is 5.09. The first kappa shape index (κ1) is 13.7. The van der Waals surface area contributed by atoms with E-state index in [2.05, 4.69) is 0 Å². The number of phenolic OH excluding ortho intramolecular Hbond substituents is 2. The second kappa shape index (κ2) is 4.36. The SMILES string of the molecule is C[C@@]1(O)CC(=O)c2c(cc3cc(O[13CH3])cc(O)c3c2O)C1. The molecule has 1 atom stereocenters. The number of methoxy groups -OCH3 is 1. The van der Waals surface area contributed by atoms with Crippen LogP contribution in [-0.4, -0.2) is 33.8 Å². The summed E-state index contributed by atoms with van der Waals surface area (Å²) in [5, 5.41) is 31.4. The number of carbonyl (C=O) groups excluding carboxylic acids is 1. The van der Waals surface area contributed by atoms with Crippen molar-refractivity contribution in [1.29, 1.82) is 0 Å². The van der Waals surface area contributed by atoms with E-state index >= 15 is 0 Å². The fourth-order valence-electron chi connectivity index (χ4n) is 3.01. The van der Waals surface area contributed by atoms with E-state index in [1.807, 2.05) is 0 Å². The smallest absolute Gasteiger partial charge is 0.169 e. The van der Waals surface area contributed by atoms with Crippen LogP contribution >= 0.6 is 0 Å². The Morgan fingerprint density at radius 3 is 2.57 bits per heavy atom. The number of aliphatic hydroxyl groups is 1. The average Bonchev–Trinajstić information content (AvgIpc) is 2.35. The molecule has 3 N–H and O–H groups in total. The van der Waals surface area contributed by atoms with E-state index in [1.165, 1.54) is 13.2 Å².